The summed E-state index contributed by atoms with van der Waals surface area (Å²) in [7, 11) is 4.04. The Labute approximate surface area is 142 Å². The van der Waals surface area contributed by atoms with Crippen molar-refractivity contribution in [3.05, 3.63) is 23.8 Å². The predicted octanol–water partition coefficient (Wildman–Crippen LogP) is 2.19. The molecule has 0 saturated carbocycles. The average molecular weight is 352 g/mol. The zero-order chi connectivity index (χ0) is 17.9. The van der Waals surface area contributed by atoms with Gasteiger partial charge in [0, 0.05) is 19.9 Å². The Morgan fingerprint density at radius 1 is 1.04 bits per heavy atom. The molecule has 1 rings (SSSR count). The SMILES string of the molecule is CC(=O)O.CC(=O)O.CC(Cc1ccc(O)c(O)c1)N(C)C.Cl. The van der Waals surface area contributed by atoms with E-state index >= 15 is 0 Å². The van der Waals surface area contributed by atoms with Crippen LogP contribution in [0.25, 0.3) is 0 Å². The van der Waals surface area contributed by atoms with E-state index in [2.05, 4.69) is 11.8 Å². The van der Waals surface area contributed by atoms with Crippen molar-refractivity contribution in [1.82, 2.24) is 4.90 Å². The first-order valence-electron chi connectivity index (χ1n) is 6.53. The highest BCUT2D eigenvalue weighted by atomic mass is 35.5. The summed E-state index contributed by atoms with van der Waals surface area (Å²) in [4.78, 5) is 20.1. The summed E-state index contributed by atoms with van der Waals surface area (Å²) in [5.74, 6) is -1.78. The molecule has 0 aliphatic rings. The summed E-state index contributed by atoms with van der Waals surface area (Å²) in [5.41, 5.74) is 1.03. The minimum Gasteiger partial charge on any atom is -0.504 e. The van der Waals surface area contributed by atoms with Gasteiger partial charge in [0.25, 0.3) is 11.9 Å². The van der Waals surface area contributed by atoms with Gasteiger partial charge in [-0.1, -0.05) is 6.07 Å². The van der Waals surface area contributed by atoms with Gasteiger partial charge in [0.05, 0.1) is 0 Å². The molecule has 8 heteroatoms. The number of carboxylic acid groups (broad SMARTS) is 2. The normalized spacial score (nSPS) is 10.2. The molecule has 1 aromatic carbocycles. The molecule has 1 aromatic rings. The van der Waals surface area contributed by atoms with Crippen molar-refractivity contribution in [2.24, 2.45) is 0 Å². The van der Waals surface area contributed by atoms with Crippen molar-refractivity contribution in [3.8, 4) is 11.5 Å². The molecular formula is C15H26ClNO6. The van der Waals surface area contributed by atoms with Crippen LogP contribution in [-0.2, 0) is 16.0 Å². The van der Waals surface area contributed by atoms with Crippen molar-refractivity contribution >= 4 is 24.3 Å². The monoisotopic (exact) mass is 351 g/mol. The van der Waals surface area contributed by atoms with Crippen molar-refractivity contribution in [2.75, 3.05) is 14.1 Å². The van der Waals surface area contributed by atoms with Gasteiger partial charge in [-0.15, -0.1) is 12.4 Å². The second-order valence-corrected chi connectivity index (χ2v) is 4.88. The van der Waals surface area contributed by atoms with Crippen LogP contribution in [0.4, 0.5) is 0 Å². The molecule has 0 aliphatic heterocycles. The smallest absolute Gasteiger partial charge is 0.300 e. The fourth-order valence-electron chi connectivity index (χ4n) is 1.22. The van der Waals surface area contributed by atoms with Crippen molar-refractivity contribution in [1.29, 1.82) is 0 Å². The maximum Gasteiger partial charge on any atom is 0.300 e. The van der Waals surface area contributed by atoms with E-state index in [0.29, 0.717) is 6.04 Å². The van der Waals surface area contributed by atoms with E-state index in [1.807, 2.05) is 20.2 Å². The van der Waals surface area contributed by atoms with E-state index in [0.717, 1.165) is 25.8 Å². The standard InChI is InChI=1S/C11H17NO2.2C2H4O2.ClH/c1-8(12(2)3)6-9-4-5-10(13)11(14)7-9;2*1-2(3)4;/h4-5,7-8,13-14H,6H2,1-3H3;2*1H3,(H,3,4);1H. The van der Waals surface area contributed by atoms with Gasteiger partial charge in [-0.2, -0.15) is 0 Å². The highest BCUT2D eigenvalue weighted by Gasteiger charge is 2.07. The van der Waals surface area contributed by atoms with E-state index in [-0.39, 0.29) is 23.9 Å². The van der Waals surface area contributed by atoms with Crippen LogP contribution >= 0.6 is 12.4 Å². The number of hydrogen-bond acceptors (Lipinski definition) is 5. The van der Waals surface area contributed by atoms with Crippen LogP contribution < -0.4 is 0 Å². The quantitative estimate of drug-likeness (QED) is 0.616. The van der Waals surface area contributed by atoms with Crippen LogP contribution in [0.1, 0.15) is 26.3 Å². The molecule has 0 bridgehead atoms. The molecule has 1 atom stereocenters. The van der Waals surface area contributed by atoms with Gasteiger partial charge in [0.2, 0.25) is 0 Å². The number of aromatic hydroxyl groups is 2. The van der Waals surface area contributed by atoms with Gasteiger partial charge in [0.1, 0.15) is 0 Å². The molecular weight excluding hydrogens is 326 g/mol. The van der Waals surface area contributed by atoms with Crippen LogP contribution in [0, 0.1) is 0 Å². The lowest BCUT2D eigenvalue weighted by atomic mass is 10.1. The Morgan fingerprint density at radius 2 is 1.43 bits per heavy atom. The van der Waals surface area contributed by atoms with Gasteiger partial charge in [-0.25, -0.2) is 0 Å². The van der Waals surface area contributed by atoms with Gasteiger partial charge in [-0.05, 0) is 45.1 Å². The third-order valence-corrected chi connectivity index (χ3v) is 2.45. The number of hydrogen-bond donors (Lipinski definition) is 4. The van der Waals surface area contributed by atoms with Crippen molar-refractivity contribution < 1.29 is 30.0 Å². The number of nitrogens with zero attached hydrogens (tertiary/aromatic N) is 1. The van der Waals surface area contributed by atoms with Crippen LogP contribution in [0.5, 0.6) is 11.5 Å². The zero-order valence-electron chi connectivity index (χ0n) is 14.0. The molecule has 0 radical (unpaired) electrons. The molecule has 134 valence electrons. The third-order valence-electron chi connectivity index (χ3n) is 2.45. The van der Waals surface area contributed by atoms with Gasteiger partial charge >= 0.3 is 0 Å². The molecule has 23 heavy (non-hydrogen) atoms. The van der Waals surface area contributed by atoms with E-state index < -0.39 is 11.9 Å². The van der Waals surface area contributed by atoms with E-state index in [1.165, 1.54) is 6.07 Å². The first kappa shape index (κ1) is 25.9. The lowest BCUT2D eigenvalue weighted by molar-refractivity contribution is -0.135. The van der Waals surface area contributed by atoms with Crippen LogP contribution in [0.2, 0.25) is 0 Å². The number of likely N-dealkylation sites (N-methyl/N-ethyl adjacent to an activating group) is 1. The molecule has 0 heterocycles. The summed E-state index contributed by atoms with van der Waals surface area (Å²) in [5, 5.41) is 33.2. The summed E-state index contributed by atoms with van der Waals surface area (Å²) in [6, 6.07) is 5.37. The molecule has 4 N–H and O–H groups in total. The first-order chi connectivity index (χ1) is 9.97. The fourth-order valence-corrected chi connectivity index (χ4v) is 1.22. The van der Waals surface area contributed by atoms with Crippen molar-refractivity contribution in [2.45, 2.75) is 33.2 Å². The Bertz CT molecular complexity index is 459. The third kappa shape index (κ3) is 18.0. The molecule has 7 nitrogen and oxygen atoms in total. The summed E-state index contributed by atoms with van der Waals surface area (Å²) < 4.78 is 0. The Morgan fingerprint density at radius 3 is 1.74 bits per heavy atom. The number of rotatable bonds is 3. The summed E-state index contributed by atoms with van der Waals surface area (Å²) >= 11 is 0. The average Bonchev–Trinajstić information content (AvgIpc) is 2.32. The second-order valence-electron chi connectivity index (χ2n) is 4.88. The molecule has 0 saturated heterocycles. The van der Waals surface area contributed by atoms with E-state index in [9.17, 15) is 5.11 Å². The van der Waals surface area contributed by atoms with Crippen LogP contribution in [-0.4, -0.2) is 57.4 Å². The minimum atomic E-state index is -0.833. The second kappa shape index (κ2) is 13.7. The van der Waals surface area contributed by atoms with Gasteiger partial charge in [0.15, 0.2) is 11.5 Å². The van der Waals surface area contributed by atoms with Gasteiger partial charge in [-0.3, -0.25) is 9.59 Å². The zero-order valence-corrected chi connectivity index (χ0v) is 14.8. The maximum atomic E-state index is 9.29. The molecule has 0 amide bonds. The predicted molar refractivity (Wildman–Crippen MR) is 90.5 cm³/mol. The Hall–Kier alpha value is -1.99. The minimum absolute atomic E-state index is 0. The first-order valence-corrected chi connectivity index (χ1v) is 6.53. The largest absolute Gasteiger partial charge is 0.504 e. The maximum absolute atomic E-state index is 9.29. The Kier molecular flexibility index (Phi) is 15.4. The highest BCUT2D eigenvalue weighted by Crippen LogP contribution is 2.25. The van der Waals surface area contributed by atoms with Crippen LogP contribution in [0.15, 0.2) is 18.2 Å². The van der Waals surface area contributed by atoms with Crippen LogP contribution in [0.3, 0.4) is 0 Å². The topological polar surface area (TPSA) is 118 Å². The molecule has 0 aliphatic carbocycles. The summed E-state index contributed by atoms with van der Waals surface area (Å²) in [6.07, 6.45) is 0.862. The Balaban J connectivity index is -0.000000374. The lowest BCUT2D eigenvalue weighted by Crippen LogP contribution is -2.26. The number of aliphatic carboxylic acids is 2. The number of carboxylic acids is 2. The number of phenolic OH excluding ortho intramolecular Hbond substituents is 2. The number of carbonyl (C=O) groups is 2. The lowest BCUT2D eigenvalue weighted by Gasteiger charge is -2.19. The van der Waals surface area contributed by atoms with Crippen molar-refractivity contribution in [3.63, 3.8) is 0 Å². The summed E-state index contributed by atoms with van der Waals surface area (Å²) in [6.45, 7) is 4.28. The molecule has 0 aromatic heterocycles. The van der Waals surface area contributed by atoms with E-state index in [1.54, 1.807) is 6.07 Å². The number of phenols is 2. The number of benzene rings is 1. The highest BCUT2D eigenvalue weighted by molar-refractivity contribution is 5.85. The molecule has 1 unspecified atom stereocenters. The molecule has 0 fully saturated rings. The molecule has 0 spiro atoms. The fraction of sp³-hybridized carbons (Fsp3) is 0.467. The van der Waals surface area contributed by atoms with Gasteiger partial charge < -0.3 is 25.3 Å². The number of halogens is 1. The van der Waals surface area contributed by atoms with E-state index in [4.69, 9.17) is 24.9 Å².